The standard InChI is InChI=1S/C21H17NO3/c23-20(13-15-7-3-1-4-8-15)22-19-14-17(11-12-18(19)21(24)25)16-9-5-2-6-10-16/h1-12,14H,13H2,(H,22,23)(H,24,25). The first-order valence-electron chi connectivity index (χ1n) is 7.90. The van der Waals surface area contributed by atoms with Crippen molar-refractivity contribution in [2.75, 3.05) is 5.32 Å². The number of aromatic carboxylic acids is 1. The van der Waals surface area contributed by atoms with Crippen molar-refractivity contribution in [3.8, 4) is 11.1 Å². The lowest BCUT2D eigenvalue weighted by molar-refractivity contribution is -0.115. The Hall–Kier alpha value is -3.40. The van der Waals surface area contributed by atoms with Crippen molar-refractivity contribution < 1.29 is 14.7 Å². The van der Waals surface area contributed by atoms with E-state index < -0.39 is 5.97 Å². The summed E-state index contributed by atoms with van der Waals surface area (Å²) in [6.07, 6.45) is 0.190. The van der Waals surface area contributed by atoms with Crippen LogP contribution in [0.25, 0.3) is 11.1 Å². The molecule has 25 heavy (non-hydrogen) atoms. The van der Waals surface area contributed by atoms with Gasteiger partial charge in [-0.05, 0) is 28.8 Å². The zero-order valence-electron chi connectivity index (χ0n) is 13.5. The first-order chi connectivity index (χ1) is 12.1. The van der Waals surface area contributed by atoms with E-state index in [1.54, 1.807) is 12.1 Å². The molecule has 0 radical (unpaired) electrons. The van der Waals surface area contributed by atoms with Crippen molar-refractivity contribution in [2.45, 2.75) is 6.42 Å². The quantitative estimate of drug-likeness (QED) is 0.735. The van der Waals surface area contributed by atoms with Crippen LogP contribution in [0.1, 0.15) is 15.9 Å². The largest absolute Gasteiger partial charge is 0.478 e. The third-order valence-electron chi connectivity index (χ3n) is 3.84. The summed E-state index contributed by atoms with van der Waals surface area (Å²) in [5.74, 6) is -1.33. The number of carboxylic acids is 1. The Bertz CT molecular complexity index is 890. The second kappa shape index (κ2) is 7.45. The van der Waals surface area contributed by atoms with Crippen LogP contribution < -0.4 is 5.32 Å². The minimum atomic E-state index is -1.07. The maximum absolute atomic E-state index is 12.3. The number of nitrogens with one attached hydrogen (secondary N) is 1. The first kappa shape index (κ1) is 16.5. The molecule has 3 rings (SSSR count). The maximum atomic E-state index is 12.3. The van der Waals surface area contributed by atoms with E-state index >= 15 is 0 Å². The molecule has 0 spiro atoms. The summed E-state index contributed by atoms with van der Waals surface area (Å²) in [6.45, 7) is 0. The SMILES string of the molecule is O=C(Cc1ccccc1)Nc1cc(-c2ccccc2)ccc1C(=O)O. The smallest absolute Gasteiger partial charge is 0.337 e. The minimum Gasteiger partial charge on any atom is -0.478 e. The monoisotopic (exact) mass is 331 g/mol. The van der Waals surface area contributed by atoms with Crippen LogP contribution in [0.2, 0.25) is 0 Å². The van der Waals surface area contributed by atoms with Gasteiger partial charge in [0.2, 0.25) is 5.91 Å². The molecule has 4 nitrogen and oxygen atoms in total. The highest BCUT2D eigenvalue weighted by Gasteiger charge is 2.14. The number of amides is 1. The second-order valence-electron chi connectivity index (χ2n) is 5.64. The summed E-state index contributed by atoms with van der Waals surface area (Å²) in [7, 11) is 0. The molecule has 0 aliphatic rings. The Morgan fingerprint density at radius 1 is 0.800 bits per heavy atom. The second-order valence-corrected chi connectivity index (χ2v) is 5.64. The highest BCUT2D eigenvalue weighted by molar-refractivity contribution is 6.02. The lowest BCUT2D eigenvalue weighted by Gasteiger charge is -2.11. The van der Waals surface area contributed by atoms with E-state index in [1.165, 1.54) is 6.07 Å². The Labute approximate surface area is 145 Å². The van der Waals surface area contributed by atoms with E-state index in [-0.39, 0.29) is 17.9 Å². The lowest BCUT2D eigenvalue weighted by Crippen LogP contribution is -2.16. The van der Waals surface area contributed by atoms with Crippen molar-refractivity contribution in [2.24, 2.45) is 0 Å². The molecule has 0 saturated heterocycles. The molecule has 0 fully saturated rings. The number of carbonyl (C=O) groups is 2. The molecule has 1 amide bonds. The average Bonchev–Trinajstić information content (AvgIpc) is 2.63. The van der Waals surface area contributed by atoms with Crippen LogP contribution in [0.3, 0.4) is 0 Å². The number of anilines is 1. The minimum absolute atomic E-state index is 0.0705. The van der Waals surface area contributed by atoms with Crippen LogP contribution in [0.5, 0.6) is 0 Å². The Morgan fingerprint density at radius 2 is 1.44 bits per heavy atom. The zero-order valence-corrected chi connectivity index (χ0v) is 13.5. The molecule has 0 aliphatic heterocycles. The molecule has 0 aromatic heterocycles. The number of rotatable bonds is 5. The fraction of sp³-hybridized carbons (Fsp3) is 0.0476. The van der Waals surface area contributed by atoms with Crippen molar-refractivity contribution in [1.29, 1.82) is 0 Å². The van der Waals surface area contributed by atoms with Gasteiger partial charge in [-0.25, -0.2) is 4.79 Å². The van der Waals surface area contributed by atoms with E-state index in [4.69, 9.17) is 0 Å². The van der Waals surface area contributed by atoms with Gasteiger partial charge in [-0.1, -0.05) is 66.7 Å². The molecule has 0 unspecified atom stereocenters. The van der Waals surface area contributed by atoms with Gasteiger partial charge in [0.15, 0.2) is 0 Å². The Balaban J connectivity index is 1.87. The average molecular weight is 331 g/mol. The van der Waals surface area contributed by atoms with Gasteiger partial charge in [0.1, 0.15) is 0 Å². The van der Waals surface area contributed by atoms with Gasteiger partial charge in [0, 0.05) is 0 Å². The molecule has 0 saturated carbocycles. The molecule has 3 aromatic rings. The van der Waals surface area contributed by atoms with Gasteiger partial charge >= 0.3 is 5.97 Å². The summed E-state index contributed by atoms with van der Waals surface area (Å²) in [4.78, 5) is 23.8. The summed E-state index contributed by atoms with van der Waals surface area (Å²) < 4.78 is 0. The molecule has 3 aromatic carbocycles. The topological polar surface area (TPSA) is 66.4 Å². The van der Waals surface area contributed by atoms with E-state index in [0.717, 1.165) is 16.7 Å². The maximum Gasteiger partial charge on any atom is 0.337 e. The Kier molecular flexibility index (Phi) is 4.90. The first-order valence-corrected chi connectivity index (χ1v) is 7.90. The summed E-state index contributed by atoms with van der Waals surface area (Å²) >= 11 is 0. The molecule has 2 N–H and O–H groups in total. The predicted molar refractivity (Wildman–Crippen MR) is 97.6 cm³/mol. The fourth-order valence-electron chi connectivity index (χ4n) is 2.62. The molecule has 0 atom stereocenters. The predicted octanol–water partition coefficient (Wildman–Crippen LogP) is 4.23. The van der Waals surface area contributed by atoms with Crippen LogP contribution in [0, 0.1) is 0 Å². The molecule has 0 aliphatic carbocycles. The molecule has 0 bridgehead atoms. The van der Waals surface area contributed by atoms with Crippen molar-refractivity contribution in [1.82, 2.24) is 0 Å². The van der Waals surface area contributed by atoms with Crippen LogP contribution in [-0.2, 0) is 11.2 Å². The molecule has 124 valence electrons. The Morgan fingerprint density at radius 3 is 2.08 bits per heavy atom. The normalized spacial score (nSPS) is 10.2. The molecular formula is C21H17NO3. The molecular weight excluding hydrogens is 314 g/mol. The summed E-state index contributed by atoms with van der Waals surface area (Å²) in [5.41, 5.74) is 3.05. The summed E-state index contributed by atoms with van der Waals surface area (Å²) in [5, 5.41) is 12.1. The zero-order chi connectivity index (χ0) is 17.6. The van der Waals surface area contributed by atoms with Gasteiger partial charge in [-0.3, -0.25) is 4.79 Å². The van der Waals surface area contributed by atoms with Gasteiger partial charge in [0.25, 0.3) is 0 Å². The van der Waals surface area contributed by atoms with Crippen molar-refractivity contribution in [3.63, 3.8) is 0 Å². The van der Waals surface area contributed by atoms with E-state index in [0.29, 0.717) is 5.69 Å². The van der Waals surface area contributed by atoms with Crippen molar-refractivity contribution in [3.05, 3.63) is 90.0 Å². The van der Waals surface area contributed by atoms with Crippen LogP contribution in [0.4, 0.5) is 5.69 Å². The molecule has 0 heterocycles. The fourth-order valence-corrected chi connectivity index (χ4v) is 2.62. The highest BCUT2D eigenvalue weighted by Crippen LogP contribution is 2.26. The van der Waals surface area contributed by atoms with Gasteiger partial charge in [0.05, 0.1) is 17.7 Å². The van der Waals surface area contributed by atoms with Crippen LogP contribution in [0.15, 0.2) is 78.9 Å². The lowest BCUT2D eigenvalue weighted by atomic mass is 10.0. The number of hydrogen-bond donors (Lipinski definition) is 2. The molecule has 4 heteroatoms. The van der Waals surface area contributed by atoms with Gasteiger partial charge in [-0.2, -0.15) is 0 Å². The van der Waals surface area contributed by atoms with E-state index in [1.807, 2.05) is 60.7 Å². The van der Waals surface area contributed by atoms with Gasteiger partial charge < -0.3 is 10.4 Å². The van der Waals surface area contributed by atoms with E-state index in [2.05, 4.69) is 5.32 Å². The van der Waals surface area contributed by atoms with E-state index in [9.17, 15) is 14.7 Å². The number of carboxylic acid groups (broad SMARTS) is 1. The number of benzene rings is 3. The van der Waals surface area contributed by atoms with Gasteiger partial charge in [-0.15, -0.1) is 0 Å². The number of hydrogen-bond acceptors (Lipinski definition) is 2. The van der Waals surface area contributed by atoms with Crippen LogP contribution in [-0.4, -0.2) is 17.0 Å². The number of carbonyl (C=O) groups excluding carboxylic acids is 1. The third-order valence-corrected chi connectivity index (χ3v) is 3.84. The highest BCUT2D eigenvalue weighted by atomic mass is 16.4. The van der Waals surface area contributed by atoms with Crippen molar-refractivity contribution >= 4 is 17.6 Å². The summed E-state index contributed by atoms with van der Waals surface area (Å²) in [6, 6.07) is 23.9. The third kappa shape index (κ3) is 4.12. The van der Waals surface area contributed by atoms with Crippen LogP contribution >= 0.6 is 0 Å².